The number of rotatable bonds is 6. The monoisotopic (exact) mass is 247 g/mol. The summed E-state index contributed by atoms with van der Waals surface area (Å²) in [6, 6.07) is 8.37. The molecule has 1 N–H and O–H groups in total. The number of aryl methyl sites for hydroxylation is 1. The van der Waals surface area contributed by atoms with Crippen LogP contribution < -0.4 is 5.32 Å². The first-order valence-corrected chi connectivity index (χ1v) is 6.16. The van der Waals surface area contributed by atoms with E-state index in [1.807, 2.05) is 13.8 Å². The lowest BCUT2D eigenvalue weighted by atomic mass is 10.1. The highest BCUT2D eigenvalue weighted by Gasteiger charge is 1.97. The van der Waals surface area contributed by atoms with E-state index < -0.39 is 0 Å². The van der Waals surface area contributed by atoms with Crippen LogP contribution in [0.2, 0.25) is 0 Å². The minimum absolute atomic E-state index is 0.271. The molecule has 18 heavy (non-hydrogen) atoms. The number of hydrogen-bond acceptors (Lipinski definition) is 3. The molecule has 0 atom stereocenters. The van der Waals surface area contributed by atoms with E-state index in [2.05, 4.69) is 36.5 Å². The second-order valence-electron chi connectivity index (χ2n) is 4.55. The Balaban J connectivity index is 2.14. The van der Waals surface area contributed by atoms with Crippen molar-refractivity contribution in [2.45, 2.75) is 27.3 Å². The molecule has 0 spiro atoms. The second kappa shape index (κ2) is 7.67. The summed E-state index contributed by atoms with van der Waals surface area (Å²) in [5, 5.41) is 3.23. The Morgan fingerprint density at radius 3 is 2.56 bits per heavy atom. The quantitative estimate of drug-likeness (QED) is 0.477. The van der Waals surface area contributed by atoms with Crippen molar-refractivity contribution < 1.29 is 9.53 Å². The van der Waals surface area contributed by atoms with Crippen LogP contribution in [0, 0.1) is 6.92 Å². The molecule has 0 aromatic heterocycles. The molecule has 0 saturated carbocycles. The Bertz CT molecular complexity index is 403. The molecule has 3 nitrogen and oxygen atoms in total. The minimum atomic E-state index is -0.271. The maximum Gasteiger partial charge on any atom is 0.330 e. The summed E-state index contributed by atoms with van der Waals surface area (Å²) < 4.78 is 5.03. The fourth-order valence-corrected chi connectivity index (χ4v) is 1.44. The van der Waals surface area contributed by atoms with Crippen LogP contribution in [0.25, 0.3) is 0 Å². The molecule has 1 aromatic rings. The lowest BCUT2D eigenvalue weighted by Crippen LogP contribution is -2.20. The molecule has 1 rings (SSSR count). The summed E-state index contributed by atoms with van der Waals surface area (Å²) in [5.74, 6) is -0.271. The summed E-state index contributed by atoms with van der Waals surface area (Å²) in [6.07, 6.45) is 1.50. The number of esters is 1. The molecule has 0 aliphatic heterocycles. The zero-order valence-electron chi connectivity index (χ0n) is 11.3. The van der Waals surface area contributed by atoms with Gasteiger partial charge in [-0.15, -0.1) is 0 Å². The molecule has 3 heteroatoms. The van der Waals surface area contributed by atoms with Crippen LogP contribution in [0.1, 0.15) is 25.0 Å². The Kier molecular flexibility index (Phi) is 6.15. The number of benzene rings is 1. The van der Waals surface area contributed by atoms with Gasteiger partial charge in [0, 0.05) is 19.2 Å². The van der Waals surface area contributed by atoms with E-state index >= 15 is 0 Å². The normalized spacial score (nSPS) is 9.94. The molecule has 0 heterocycles. The van der Waals surface area contributed by atoms with Crippen LogP contribution in [0.3, 0.4) is 0 Å². The van der Waals surface area contributed by atoms with Crippen LogP contribution in [0.15, 0.2) is 35.9 Å². The van der Waals surface area contributed by atoms with Crippen LogP contribution in [-0.2, 0) is 16.1 Å². The van der Waals surface area contributed by atoms with E-state index in [1.54, 1.807) is 0 Å². The van der Waals surface area contributed by atoms with Gasteiger partial charge in [-0.25, -0.2) is 4.79 Å². The van der Waals surface area contributed by atoms with Gasteiger partial charge in [0.2, 0.25) is 0 Å². The first-order valence-electron chi connectivity index (χ1n) is 6.16. The van der Waals surface area contributed by atoms with Crippen molar-refractivity contribution in [3.05, 3.63) is 47.0 Å². The fourth-order valence-electron chi connectivity index (χ4n) is 1.44. The zero-order valence-corrected chi connectivity index (χ0v) is 11.3. The number of carbonyl (C=O) groups excluding carboxylic acids is 1. The molecule has 0 bridgehead atoms. The minimum Gasteiger partial charge on any atom is -0.461 e. The Morgan fingerprint density at radius 2 is 1.94 bits per heavy atom. The van der Waals surface area contributed by atoms with Gasteiger partial charge in [0.1, 0.15) is 6.61 Å². The number of hydrogen-bond donors (Lipinski definition) is 1. The van der Waals surface area contributed by atoms with Crippen molar-refractivity contribution in [3.8, 4) is 0 Å². The van der Waals surface area contributed by atoms with Crippen molar-refractivity contribution >= 4 is 5.97 Å². The first-order chi connectivity index (χ1) is 8.58. The second-order valence-corrected chi connectivity index (χ2v) is 4.55. The van der Waals surface area contributed by atoms with Crippen LogP contribution in [0.5, 0.6) is 0 Å². The summed E-state index contributed by atoms with van der Waals surface area (Å²) >= 11 is 0. The highest BCUT2D eigenvalue weighted by molar-refractivity contribution is 5.82. The summed E-state index contributed by atoms with van der Waals surface area (Å²) in [5.41, 5.74) is 3.44. The highest BCUT2D eigenvalue weighted by atomic mass is 16.5. The van der Waals surface area contributed by atoms with Crippen molar-refractivity contribution in [1.29, 1.82) is 0 Å². The van der Waals surface area contributed by atoms with Crippen molar-refractivity contribution in [2.24, 2.45) is 0 Å². The molecule has 98 valence electrons. The Hall–Kier alpha value is -1.61. The Labute approximate surface area is 109 Å². The summed E-state index contributed by atoms with van der Waals surface area (Å²) in [7, 11) is 0. The largest absolute Gasteiger partial charge is 0.461 e. The number of allylic oxidation sites excluding steroid dienone is 1. The first kappa shape index (κ1) is 14.5. The SMILES string of the molecule is CC(C)=CC(=O)OCCNCc1ccc(C)cc1. The topological polar surface area (TPSA) is 38.3 Å². The zero-order chi connectivity index (χ0) is 13.4. The van der Waals surface area contributed by atoms with Crippen LogP contribution in [-0.4, -0.2) is 19.1 Å². The number of ether oxygens (including phenoxy) is 1. The van der Waals surface area contributed by atoms with Gasteiger partial charge in [-0.2, -0.15) is 0 Å². The smallest absolute Gasteiger partial charge is 0.330 e. The maximum absolute atomic E-state index is 11.2. The van der Waals surface area contributed by atoms with Crippen molar-refractivity contribution in [1.82, 2.24) is 5.32 Å². The maximum atomic E-state index is 11.2. The van der Waals surface area contributed by atoms with Crippen molar-refractivity contribution in [3.63, 3.8) is 0 Å². The molecule has 0 saturated heterocycles. The third-order valence-electron chi connectivity index (χ3n) is 2.38. The summed E-state index contributed by atoms with van der Waals surface area (Å²) in [4.78, 5) is 11.2. The lowest BCUT2D eigenvalue weighted by molar-refractivity contribution is -0.137. The van der Waals surface area contributed by atoms with Crippen LogP contribution in [0.4, 0.5) is 0 Å². The van der Waals surface area contributed by atoms with Crippen molar-refractivity contribution in [2.75, 3.05) is 13.2 Å². The molecule has 0 aliphatic carbocycles. The molecule has 1 aromatic carbocycles. The van der Waals surface area contributed by atoms with E-state index in [0.717, 1.165) is 12.1 Å². The van der Waals surface area contributed by atoms with Gasteiger partial charge in [-0.05, 0) is 26.3 Å². The standard InChI is InChI=1S/C15H21NO2/c1-12(2)10-15(17)18-9-8-16-11-14-6-4-13(3)5-7-14/h4-7,10,16H,8-9,11H2,1-3H3. The highest BCUT2D eigenvalue weighted by Crippen LogP contribution is 2.02. The predicted octanol–water partition coefficient (Wildman–Crippen LogP) is 2.59. The van der Waals surface area contributed by atoms with Gasteiger partial charge in [0.05, 0.1) is 0 Å². The molecular formula is C15H21NO2. The predicted molar refractivity (Wildman–Crippen MR) is 73.3 cm³/mol. The average molecular weight is 247 g/mol. The Morgan fingerprint density at radius 1 is 1.28 bits per heavy atom. The van der Waals surface area contributed by atoms with Gasteiger partial charge < -0.3 is 10.1 Å². The average Bonchev–Trinajstić information content (AvgIpc) is 2.30. The lowest BCUT2D eigenvalue weighted by Gasteiger charge is -2.05. The van der Waals surface area contributed by atoms with Gasteiger partial charge in [-0.3, -0.25) is 0 Å². The van der Waals surface area contributed by atoms with Gasteiger partial charge in [-0.1, -0.05) is 35.4 Å². The fraction of sp³-hybridized carbons (Fsp3) is 0.400. The molecule has 0 unspecified atom stereocenters. The van der Waals surface area contributed by atoms with E-state index in [4.69, 9.17) is 4.74 Å². The summed E-state index contributed by atoms with van der Waals surface area (Å²) in [6.45, 7) is 7.67. The van der Waals surface area contributed by atoms with Gasteiger partial charge in [0.15, 0.2) is 0 Å². The van der Waals surface area contributed by atoms with E-state index in [0.29, 0.717) is 13.2 Å². The third kappa shape index (κ3) is 6.21. The van der Waals surface area contributed by atoms with Gasteiger partial charge >= 0.3 is 5.97 Å². The van der Waals surface area contributed by atoms with Crippen LogP contribution >= 0.6 is 0 Å². The van der Waals surface area contributed by atoms with Gasteiger partial charge in [0.25, 0.3) is 0 Å². The number of carbonyl (C=O) groups is 1. The third-order valence-corrected chi connectivity index (χ3v) is 2.38. The van der Waals surface area contributed by atoms with E-state index in [1.165, 1.54) is 17.2 Å². The van der Waals surface area contributed by atoms with E-state index in [-0.39, 0.29) is 5.97 Å². The van der Waals surface area contributed by atoms with E-state index in [9.17, 15) is 4.79 Å². The molecule has 0 fully saturated rings. The molecule has 0 amide bonds. The molecule has 0 aliphatic rings. The molecule has 0 radical (unpaired) electrons. The number of nitrogens with one attached hydrogen (secondary N) is 1. The molecular weight excluding hydrogens is 226 g/mol.